The average Bonchev–Trinajstić information content (AvgIpc) is 2.67. The second-order valence-corrected chi connectivity index (χ2v) is 7.75. The third-order valence-corrected chi connectivity index (χ3v) is 5.42. The molecule has 2 aromatic carbocycles. The second-order valence-electron chi connectivity index (χ2n) is 5.59. The minimum absolute atomic E-state index is 0.000154. The molecular formula is C18H19N3O5S. The molecule has 0 saturated heterocycles. The van der Waals surface area contributed by atoms with Gasteiger partial charge in [0.15, 0.2) is 0 Å². The first kappa shape index (κ1) is 20.3. The predicted octanol–water partition coefficient (Wildman–Crippen LogP) is 1.49. The molecule has 0 aliphatic rings. The van der Waals surface area contributed by atoms with Gasteiger partial charge in [-0.15, -0.1) is 0 Å². The number of nitrogens with one attached hydrogen (secondary N) is 1. The number of ether oxygens (including phenoxy) is 1. The van der Waals surface area contributed by atoms with Crippen molar-refractivity contribution in [1.29, 1.82) is 0 Å². The zero-order chi connectivity index (χ0) is 20.0. The van der Waals surface area contributed by atoms with Gasteiger partial charge in [-0.05, 0) is 24.3 Å². The molecule has 1 amide bonds. The summed E-state index contributed by atoms with van der Waals surface area (Å²) in [6, 6.07) is 12.2. The summed E-state index contributed by atoms with van der Waals surface area (Å²) >= 11 is 0. The largest absolute Gasteiger partial charge is 0.465 e. The predicted molar refractivity (Wildman–Crippen MR) is 100 cm³/mol. The van der Waals surface area contributed by atoms with Crippen LogP contribution in [0.1, 0.15) is 26.3 Å². The van der Waals surface area contributed by atoms with Crippen LogP contribution in [-0.2, 0) is 14.8 Å². The fourth-order valence-electron chi connectivity index (χ4n) is 2.14. The zero-order valence-corrected chi connectivity index (χ0v) is 15.9. The lowest BCUT2D eigenvalue weighted by molar-refractivity contribution is 0.0600. The molecule has 0 bridgehead atoms. The van der Waals surface area contributed by atoms with Gasteiger partial charge in [0.25, 0.3) is 5.91 Å². The molecule has 0 atom stereocenters. The third-order valence-electron chi connectivity index (χ3n) is 3.61. The molecule has 0 spiro atoms. The number of rotatable bonds is 6. The van der Waals surface area contributed by atoms with Crippen LogP contribution in [0, 0.1) is 0 Å². The number of hydrazone groups is 1. The van der Waals surface area contributed by atoms with E-state index in [1.54, 1.807) is 24.3 Å². The van der Waals surface area contributed by atoms with Crippen molar-refractivity contribution in [2.45, 2.75) is 4.90 Å². The van der Waals surface area contributed by atoms with Crippen molar-refractivity contribution in [2.24, 2.45) is 5.10 Å². The molecule has 0 aliphatic carbocycles. The summed E-state index contributed by atoms with van der Waals surface area (Å²) in [5.41, 5.74) is 3.21. The van der Waals surface area contributed by atoms with Gasteiger partial charge in [0, 0.05) is 25.2 Å². The lowest BCUT2D eigenvalue weighted by atomic mass is 10.1. The Balaban J connectivity index is 2.18. The highest BCUT2D eigenvalue weighted by atomic mass is 32.2. The van der Waals surface area contributed by atoms with E-state index in [0.29, 0.717) is 11.1 Å². The topological polar surface area (TPSA) is 105 Å². The first-order valence-electron chi connectivity index (χ1n) is 7.80. The lowest BCUT2D eigenvalue weighted by Crippen LogP contribution is -2.23. The molecule has 1 N–H and O–H groups in total. The molecule has 142 valence electrons. The molecule has 27 heavy (non-hydrogen) atoms. The maximum atomic E-state index is 12.2. The fraction of sp³-hybridized carbons (Fsp3) is 0.167. The Morgan fingerprint density at radius 2 is 1.81 bits per heavy atom. The van der Waals surface area contributed by atoms with Crippen LogP contribution < -0.4 is 5.43 Å². The van der Waals surface area contributed by atoms with Gasteiger partial charge < -0.3 is 4.74 Å². The van der Waals surface area contributed by atoms with Gasteiger partial charge in [-0.1, -0.05) is 24.3 Å². The monoisotopic (exact) mass is 389 g/mol. The SMILES string of the molecule is COC(=O)c1ccccc1/C=N\NC(=O)c1cccc(S(=O)(=O)N(C)C)c1. The summed E-state index contributed by atoms with van der Waals surface area (Å²) in [5.74, 6) is -1.11. The van der Waals surface area contributed by atoms with E-state index < -0.39 is 21.9 Å². The number of esters is 1. The maximum absolute atomic E-state index is 12.2. The van der Waals surface area contributed by atoms with Crippen molar-refractivity contribution < 1.29 is 22.7 Å². The van der Waals surface area contributed by atoms with Gasteiger partial charge in [-0.2, -0.15) is 5.10 Å². The first-order chi connectivity index (χ1) is 12.8. The highest BCUT2D eigenvalue weighted by Crippen LogP contribution is 2.15. The van der Waals surface area contributed by atoms with Crippen molar-refractivity contribution in [2.75, 3.05) is 21.2 Å². The molecule has 0 saturated carbocycles. The van der Waals surface area contributed by atoms with E-state index in [9.17, 15) is 18.0 Å². The fourth-order valence-corrected chi connectivity index (χ4v) is 3.09. The summed E-state index contributed by atoms with van der Waals surface area (Å²) in [4.78, 5) is 23.9. The summed E-state index contributed by atoms with van der Waals surface area (Å²) in [6.07, 6.45) is 1.31. The van der Waals surface area contributed by atoms with Crippen LogP contribution >= 0.6 is 0 Å². The Bertz CT molecular complexity index is 984. The number of nitrogens with zero attached hydrogens (tertiary/aromatic N) is 2. The first-order valence-corrected chi connectivity index (χ1v) is 9.24. The number of methoxy groups -OCH3 is 1. The molecule has 8 nitrogen and oxygen atoms in total. The summed E-state index contributed by atoms with van der Waals surface area (Å²) in [5, 5.41) is 3.83. The van der Waals surface area contributed by atoms with Crippen LogP contribution in [0.3, 0.4) is 0 Å². The van der Waals surface area contributed by atoms with Crippen LogP contribution in [-0.4, -0.2) is 52.0 Å². The van der Waals surface area contributed by atoms with E-state index in [1.165, 1.54) is 51.7 Å². The van der Waals surface area contributed by atoms with E-state index in [1.807, 2.05) is 0 Å². The van der Waals surface area contributed by atoms with E-state index in [4.69, 9.17) is 0 Å². The van der Waals surface area contributed by atoms with Gasteiger partial charge in [-0.3, -0.25) is 4.79 Å². The molecule has 0 aliphatic heterocycles. The number of sulfonamides is 1. The molecule has 0 aromatic heterocycles. The molecular weight excluding hydrogens is 370 g/mol. The van der Waals surface area contributed by atoms with Gasteiger partial charge in [-0.25, -0.2) is 22.9 Å². The average molecular weight is 389 g/mol. The minimum atomic E-state index is -3.65. The number of carbonyl (C=O) groups is 2. The van der Waals surface area contributed by atoms with Gasteiger partial charge in [0.1, 0.15) is 0 Å². The van der Waals surface area contributed by atoms with E-state index in [0.717, 1.165) is 4.31 Å². The van der Waals surface area contributed by atoms with Crippen molar-refractivity contribution >= 4 is 28.1 Å². The number of hydrogen-bond donors (Lipinski definition) is 1. The second kappa shape index (κ2) is 8.56. The summed E-state index contributed by atoms with van der Waals surface area (Å²) in [7, 11) is 0.435. The summed E-state index contributed by atoms with van der Waals surface area (Å²) in [6.45, 7) is 0. The number of amides is 1. The number of carbonyl (C=O) groups excluding carboxylic acids is 2. The van der Waals surface area contributed by atoms with Crippen molar-refractivity contribution in [1.82, 2.24) is 9.73 Å². The van der Waals surface area contributed by atoms with E-state index in [2.05, 4.69) is 15.3 Å². The minimum Gasteiger partial charge on any atom is -0.465 e. The Labute approximate surface area is 157 Å². The maximum Gasteiger partial charge on any atom is 0.338 e. The molecule has 0 fully saturated rings. The van der Waals surface area contributed by atoms with Gasteiger partial charge >= 0.3 is 5.97 Å². The Hall–Kier alpha value is -3.04. The van der Waals surface area contributed by atoms with Crippen molar-refractivity contribution in [3.05, 3.63) is 65.2 Å². The van der Waals surface area contributed by atoms with Crippen LogP contribution in [0.4, 0.5) is 0 Å². The van der Waals surface area contributed by atoms with Crippen molar-refractivity contribution in [3.63, 3.8) is 0 Å². The Morgan fingerprint density at radius 3 is 2.48 bits per heavy atom. The molecule has 2 rings (SSSR count). The van der Waals surface area contributed by atoms with Crippen molar-refractivity contribution in [3.8, 4) is 0 Å². The quantitative estimate of drug-likeness (QED) is 0.458. The standard InChI is InChI=1S/C18H19N3O5S/c1-21(2)27(24,25)15-9-6-8-13(11-15)17(22)20-19-12-14-7-4-5-10-16(14)18(23)26-3/h4-12H,1-3H3,(H,20,22)/b19-12-. The van der Waals surface area contributed by atoms with Gasteiger partial charge in [0.2, 0.25) is 10.0 Å². The van der Waals surface area contributed by atoms with Crippen LogP contribution in [0.2, 0.25) is 0 Å². The normalized spacial score (nSPS) is 11.6. The van der Waals surface area contributed by atoms with E-state index >= 15 is 0 Å². The molecule has 2 aromatic rings. The smallest absolute Gasteiger partial charge is 0.338 e. The molecule has 0 unspecified atom stereocenters. The molecule has 9 heteroatoms. The zero-order valence-electron chi connectivity index (χ0n) is 15.0. The third kappa shape index (κ3) is 4.78. The van der Waals surface area contributed by atoms with Gasteiger partial charge in [0.05, 0.1) is 23.8 Å². The van der Waals surface area contributed by atoms with Crippen LogP contribution in [0.25, 0.3) is 0 Å². The highest BCUT2D eigenvalue weighted by Gasteiger charge is 2.18. The Morgan fingerprint density at radius 1 is 1.11 bits per heavy atom. The van der Waals surface area contributed by atoms with Crippen LogP contribution in [0.15, 0.2) is 58.5 Å². The molecule has 0 radical (unpaired) electrons. The lowest BCUT2D eigenvalue weighted by Gasteiger charge is -2.11. The Kier molecular flexibility index (Phi) is 6.43. The number of benzene rings is 2. The van der Waals surface area contributed by atoms with Crippen LogP contribution in [0.5, 0.6) is 0 Å². The highest BCUT2D eigenvalue weighted by molar-refractivity contribution is 7.89. The van der Waals surface area contributed by atoms with E-state index in [-0.39, 0.29) is 10.5 Å². The molecule has 0 heterocycles. The summed E-state index contributed by atoms with van der Waals surface area (Å²) < 4.78 is 30.1. The number of hydrogen-bond acceptors (Lipinski definition) is 6.